The molecule has 2 aromatic heterocycles. The van der Waals surface area contributed by atoms with Gasteiger partial charge in [-0.15, -0.1) is 0 Å². The molecule has 3 N–H and O–H groups in total. The molecule has 0 unspecified atom stereocenters. The first-order valence-electron chi connectivity index (χ1n) is 10.3. The Balaban J connectivity index is 1.67. The molecule has 0 bridgehead atoms. The Kier molecular flexibility index (Phi) is 4.40. The van der Waals surface area contributed by atoms with E-state index in [0.29, 0.717) is 5.56 Å². The number of benzene rings is 2. The van der Waals surface area contributed by atoms with Crippen LogP contribution in [0.1, 0.15) is 35.2 Å². The van der Waals surface area contributed by atoms with Crippen LogP contribution >= 0.6 is 0 Å². The van der Waals surface area contributed by atoms with Gasteiger partial charge in [-0.05, 0) is 37.0 Å². The molecular formula is C25H24N4O. The highest BCUT2D eigenvalue weighted by Crippen LogP contribution is 2.40. The van der Waals surface area contributed by atoms with Gasteiger partial charge in [-0.3, -0.25) is 9.20 Å². The molecule has 0 radical (unpaired) electrons. The first-order chi connectivity index (χ1) is 14.6. The number of rotatable bonds is 4. The Hall–Kier alpha value is -3.44. The molecule has 1 amide bonds. The average Bonchev–Trinajstić information content (AvgIpc) is 3.16. The highest BCUT2D eigenvalue weighted by molar-refractivity contribution is 5.95. The van der Waals surface area contributed by atoms with Crippen LogP contribution in [0.4, 0.5) is 0 Å². The molecule has 2 heterocycles. The van der Waals surface area contributed by atoms with Gasteiger partial charge < -0.3 is 11.1 Å². The number of imidazole rings is 1. The van der Waals surface area contributed by atoms with Gasteiger partial charge in [0.25, 0.3) is 5.91 Å². The molecule has 5 nitrogen and oxygen atoms in total. The van der Waals surface area contributed by atoms with E-state index in [1.54, 1.807) is 7.05 Å². The summed E-state index contributed by atoms with van der Waals surface area (Å²) in [7, 11) is 1.63. The number of pyridine rings is 1. The van der Waals surface area contributed by atoms with Gasteiger partial charge in [-0.2, -0.15) is 0 Å². The van der Waals surface area contributed by atoms with E-state index in [2.05, 4.69) is 41.7 Å². The number of carbonyl (C=O) groups is 1. The van der Waals surface area contributed by atoms with E-state index in [1.807, 2.05) is 40.9 Å². The van der Waals surface area contributed by atoms with E-state index in [9.17, 15) is 4.79 Å². The molecule has 0 aliphatic heterocycles. The summed E-state index contributed by atoms with van der Waals surface area (Å²) >= 11 is 0. The van der Waals surface area contributed by atoms with Gasteiger partial charge in [-0.25, -0.2) is 4.98 Å². The number of hydrogen-bond acceptors (Lipinski definition) is 3. The van der Waals surface area contributed by atoms with Crippen LogP contribution in [0.25, 0.3) is 28.2 Å². The molecule has 150 valence electrons. The lowest BCUT2D eigenvalue weighted by Crippen LogP contribution is -2.43. The molecule has 5 rings (SSSR count). The minimum absolute atomic E-state index is 0.124. The van der Waals surface area contributed by atoms with Crippen LogP contribution in [-0.4, -0.2) is 22.3 Å². The van der Waals surface area contributed by atoms with Crippen molar-refractivity contribution in [1.29, 1.82) is 0 Å². The summed E-state index contributed by atoms with van der Waals surface area (Å²) < 4.78 is 2.04. The maximum Gasteiger partial charge on any atom is 0.251 e. The third-order valence-electron chi connectivity index (χ3n) is 6.14. The molecule has 0 spiro atoms. The number of aromatic nitrogens is 2. The van der Waals surface area contributed by atoms with Crippen LogP contribution in [0.2, 0.25) is 0 Å². The second kappa shape index (κ2) is 7.11. The standard InChI is InChI=1S/C25H24N4O/c1-27-24(30)19-12-15-29-21(16-19)28-22(23(29)18-6-3-2-4-7-18)17-8-10-20(11-9-17)25(26)13-5-14-25/h2-4,6-12,15-16H,5,13-14,26H2,1H3,(H,27,30). The predicted octanol–water partition coefficient (Wildman–Crippen LogP) is 4.37. The zero-order valence-corrected chi connectivity index (χ0v) is 16.9. The minimum atomic E-state index is -0.178. The zero-order chi connectivity index (χ0) is 20.7. The van der Waals surface area contributed by atoms with Crippen molar-refractivity contribution in [2.45, 2.75) is 24.8 Å². The fourth-order valence-corrected chi connectivity index (χ4v) is 4.21. The Labute approximate surface area is 175 Å². The molecular weight excluding hydrogens is 372 g/mol. The van der Waals surface area contributed by atoms with Gasteiger partial charge >= 0.3 is 0 Å². The normalized spacial score (nSPS) is 15.0. The molecule has 5 heteroatoms. The molecule has 2 aromatic carbocycles. The van der Waals surface area contributed by atoms with Gasteiger partial charge in [0.05, 0.1) is 11.4 Å². The van der Waals surface area contributed by atoms with E-state index in [0.717, 1.165) is 41.0 Å². The second-order valence-corrected chi connectivity index (χ2v) is 7.98. The molecule has 1 aliphatic rings. The molecule has 4 aromatic rings. The Morgan fingerprint density at radius 2 is 1.77 bits per heavy atom. The lowest BCUT2D eigenvalue weighted by molar-refractivity contribution is 0.0963. The smallest absolute Gasteiger partial charge is 0.251 e. The largest absolute Gasteiger partial charge is 0.355 e. The average molecular weight is 396 g/mol. The predicted molar refractivity (Wildman–Crippen MR) is 119 cm³/mol. The van der Waals surface area contributed by atoms with E-state index in [1.165, 1.54) is 12.0 Å². The molecule has 30 heavy (non-hydrogen) atoms. The first-order valence-corrected chi connectivity index (χ1v) is 10.3. The van der Waals surface area contributed by atoms with Crippen molar-refractivity contribution in [3.63, 3.8) is 0 Å². The van der Waals surface area contributed by atoms with Gasteiger partial charge in [0.1, 0.15) is 5.65 Å². The van der Waals surface area contributed by atoms with Gasteiger partial charge in [-0.1, -0.05) is 54.6 Å². The van der Waals surface area contributed by atoms with Crippen LogP contribution < -0.4 is 11.1 Å². The lowest BCUT2D eigenvalue weighted by Gasteiger charge is -2.38. The van der Waals surface area contributed by atoms with Crippen molar-refractivity contribution < 1.29 is 4.79 Å². The fourth-order valence-electron chi connectivity index (χ4n) is 4.21. The van der Waals surface area contributed by atoms with E-state index >= 15 is 0 Å². The highest BCUT2D eigenvalue weighted by Gasteiger charge is 2.34. The summed E-state index contributed by atoms with van der Waals surface area (Å²) in [4.78, 5) is 17.0. The second-order valence-electron chi connectivity index (χ2n) is 7.98. The van der Waals surface area contributed by atoms with Crippen LogP contribution in [0.3, 0.4) is 0 Å². The number of nitrogens with two attached hydrogens (primary N) is 1. The highest BCUT2D eigenvalue weighted by atomic mass is 16.1. The van der Waals surface area contributed by atoms with E-state index in [-0.39, 0.29) is 11.4 Å². The van der Waals surface area contributed by atoms with Crippen molar-refractivity contribution in [1.82, 2.24) is 14.7 Å². The van der Waals surface area contributed by atoms with Crippen LogP contribution in [0, 0.1) is 0 Å². The summed E-state index contributed by atoms with van der Waals surface area (Å²) in [5, 5.41) is 2.67. The van der Waals surface area contributed by atoms with Crippen LogP contribution in [0.5, 0.6) is 0 Å². The van der Waals surface area contributed by atoms with Crippen molar-refractivity contribution in [3.8, 4) is 22.5 Å². The van der Waals surface area contributed by atoms with Crippen molar-refractivity contribution in [2.75, 3.05) is 7.05 Å². The minimum Gasteiger partial charge on any atom is -0.355 e. The lowest BCUT2D eigenvalue weighted by atomic mass is 9.72. The molecule has 1 fully saturated rings. The van der Waals surface area contributed by atoms with Gasteiger partial charge in [0, 0.05) is 35.5 Å². The summed E-state index contributed by atoms with van der Waals surface area (Å²) in [5.41, 5.74) is 12.8. The SMILES string of the molecule is CNC(=O)c1ccn2c(-c3ccccc3)c(-c3ccc(C4(N)CCC4)cc3)nc2c1. The number of amides is 1. The number of carbonyl (C=O) groups excluding carboxylic acids is 1. The Morgan fingerprint density at radius 3 is 2.40 bits per heavy atom. The van der Waals surface area contributed by atoms with E-state index in [4.69, 9.17) is 10.7 Å². The third kappa shape index (κ3) is 2.99. The Morgan fingerprint density at radius 1 is 1.03 bits per heavy atom. The summed E-state index contributed by atoms with van der Waals surface area (Å²) in [6, 6.07) is 22.3. The number of hydrogen-bond donors (Lipinski definition) is 2. The summed E-state index contributed by atoms with van der Waals surface area (Å²) in [6.07, 6.45) is 5.18. The number of nitrogens with zero attached hydrogens (tertiary/aromatic N) is 2. The van der Waals surface area contributed by atoms with Crippen molar-refractivity contribution in [2.24, 2.45) is 5.73 Å². The van der Waals surface area contributed by atoms with Crippen LogP contribution in [-0.2, 0) is 5.54 Å². The Bertz CT molecular complexity index is 1220. The molecule has 1 saturated carbocycles. The molecule has 0 saturated heterocycles. The van der Waals surface area contributed by atoms with E-state index < -0.39 is 0 Å². The maximum atomic E-state index is 12.1. The maximum absolute atomic E-state index is 12.1. The van der Waals surface area contributed by atoms with Gasteiger partial charge in [0.2, 0.25) is 0 Å². The number of nitrogens with one attached hydrogen (secondary N) is 1. The number of fused-ring (bicyclic) bond motifs is 1. The molecule has 0 atom stereocenters. The quantitative estimate of drug-likeness (QED) is 0.538. The monoisotopic (exact) mass is 396 g/mol. The topological polar surface area (TPSA) is 72.4 Å². The third-order valence-corrected chi connectivity index (χ3v) is 6.14. The fraction of sp³-hybridized carbons (Fsp3) is 0.200. The first kappa shape index (κ1) is 18.6. The van der Waals surface area contributed by atoms with Crippen LogP contribution in [0.15, 0.2) is 72.9 Å². The molecule has 1 aliphatic carbocycles. The summed E-state index contributed by atoms with van der Waals surface area (Å²) in [6.45, 7) is 0. The van der Waals surface area contributed by atoms with Gasteiger partial charge in [0.15, 0.2) is 0 Å². The van der Waals surface area contributed by atoms with Crippen molar-refractivity contribution in [3.05, 3.63) is 84.1 Å². The van der Waals surface area contributed by atoms with Crippen molar-refractivity contribution >= 4 is 11.6 Å². The zero-order valence-electron chi connectivity index (χ0n) is 16.9. The summed E-state index contributed by atoms with van der Waals surface area (Å²) in [5.74, 6) is -0.124.